The third kappa shape index (κ3) is 4.48. The van der Waals surface area contributed by atoms with Gasteiger partial charge in [0.1, 0.15) is 11.6 Å². The van der Waals surface area contributed by atoms with Crippen molar-refractivity contribution in [2.45, 2.75) is 4.90 Å². The molecule has 1 aromatic heterocycles. The third-order valence-electron chi connectivity index (χ3n) is 3.58. The molecule has 0 bridgehead atoms. The van der Waals surface area contributed by atoms with E-state index in [2.05, 4.69) is 19.9 Å². The maximum absolute atomic E-state index is 12.4. The number of aromatic hydroxyl groups is 1. The van der Waals surface area contributed by atoms with Crippen molar-refractivity contribution in [1.82, 2.24) is 4.98 Å². The zero-order valence-corrected chi connectivity index (χ0v) is 15.2. The molecule has 0 saturated heterocycles. The van der Waals surface area contributed by atoms with Gasteiger partial charge < -0.3 is 10.8 Å². The summed E-state index contributed by atoms with van der Waals surface area (Å²) >= 11 is 0. The van der Waals surface area contributed by atoms with E-state index in [1.807, 2.05) is 0 Å². The molecule has 0 aliphatic carbocycles. The number of hydrogen-bond acceptors (Lipinski definition) is 7. The summed E-state index contributed by atoms with van der Waals surface area (Å²) in [5, 5.41) is 17.5. The van der Waals surface area contributed by atoms with Crippen molar-refractivity contribution in [3.05, 3.63) is 72.4 Å². The monoisotopic (exact) mass is 397 g/mol. The third-order valence-corrected chi connectivity index (χ3v) is 4.95. The fraction of sp³-hybridized carbons (Fsp3) is 0. The minimum Gasteiger partial charge on any atom is -0.507 e. The zero-order chi connectivity index (χ0) is 20.1. The van der Waals surface area contributed by atoms with Gasteiger partial charge in [0.25, 0.3) is 15.9 Å². The molecule has 1 amide bonds. The average molecular weight is 397 g/mol. The fourth-order valence-corrected chi connectivity index (χ4v) is 3.22. The first-order valence-corrected chi connectivity index (χ1v) is 9.42. The number of phenols is 1. The molecule has 0 spiro atoms. The predicted octanol–water partition coefficient (Wildman–Crippen LogP) is 3.10. The van der Waals surface area contributed by atoms with Gasteiger partial charge >= 0.3 is 0 Å². The van der Waals surface area contributed by atoms with Gasteiger partial charge in [0.05, 0.1) is 21.8 Å². The number of hydrogen-bond donors (Lipinski definition) is 3. The van der Waals surface area contributed by atoms with Crippen molar-refractivity contribution in [3.8, 4) is 5.75 Å². The number of benzene rings is 2. The van der Waals surface area contributed by atoms with Crippen LogP contribution in [0.1, 0.15) is 10.4 Å². The van der Waals surface area contributed by atoms with E-state index in [-0.39, 0.29) is 22.0 Å². The molecule has 0 unspecified atom stereocenters. The highest BCUT2D eigenvalue weighted by atomic mass is 32.2. The first-order chi connectivity index (χ1) is 13.3. The van der Waals surface area contributed by atoms with Crippen LogP contribution in [0.25, 0.3) is 0 Å². The number of sulfonamides is 1. The van der Waals surface area contributed by atoms with Gasteiger partial charge in [0.15, 0.2) is 0 Å². The molecule has 0 atom stereocenters. The van der Waals surface area contributed by atoms with Gasteiger partial charge in [0, 0.05) is 6.20 Å². The van der Waals surface area contributed by atoms with Crippen molar-refractivity contribution in [3.63, 3.8) is 0 Å². The summed E-state index contributed by atoms with van der Waals surface area (Å²) in [7, 11) is -3.78. The second kappa shape index (κ2) is 7.84. The number of nitrogens with two attached hydrogens (primary N) is 1. The van der Waals surface area contributed by atoms with Crippen LogP contribution in [0, 0.1) is 0 Å². The summed E-state index contributed by atoms with van der Waals surface area (Å²) in [4.78, 5) is 15.2. The zero-order valence-electron chi connectivity index (χ0n) is 14.4. The van der Waals surface area contributed by atoms with E-state index >= 15 is 0 Å². The van der Waals surface area contributed by atoms with E-state index in [0.29, 0.717) is 11.4 Å². The number of anilines is 1. The van der Waals surface area contributed by atoms with Crippen LogP contribution in [0.3, 0.4) is 0 Å². The van der Waals surface area contributed by atoms with Gasteiger partial charge in [-0.05, 0) is 54.6 Å². The molecule has 0 aliphatic rings. The standard InChI is InChI=1S/C18H15N5O4S/c19-18(25)15-11-13(6-9-16(15)24)22-21-12-4-7-14(8-5-12)28(26,27)23-17-3-1-2-10-20-17/h1-11,24H,(H2,19,25)(H,20,23). The number of carbonyl (C=O) groups is 1. The highest BCUT2D eigenvalue weighted by Gasteiger charge is 2.14. The van der Waals surface area contributed by atoms with Crippen molar-refractivity contribution in [1.29, 1.82) is 0 Å². The van der Waals surface area contributed by atoms with Crippen molar-refractivity contribution in [2.75, 3.05) is 4.72 Å². The number of nitrogens with zero attached hydrogens (tertiary/aromatic N) is 3. The van der Waals surface area contributed by atoms with Crippen molar-refractivity contribution < 1.29 is 18.3 Å². The molecule has 0 fully saturated rings. The van der Waals surface area contributed by atoms with Gasteiger partial charge in [-0.15, -0.1) is 0 Å². The molecular formula is C18H15N5O4S. The Labute approximate surface area is 160 Å². The topological polar surface area (TPSA) is 147 Å². The molecule has 28 heavy (non-hydrogen) atoms. The molecule has 4 N–H and O–H groups in total. The maximum Gasteiger partial charge on any atom is 0.263 e. The molecule has 142 valence electrons. The number of azo groups is 1. The Balaban J connectivity index is 1.77. The van der Waals surface area contributed by atoms with E-state index in [4.69, 9.17) is 5.73 Å². The average Bonchev–Trinajstić information content (AvgIpc) is 2.68. The Hall–Kier alpha value is -3.79. The lowest BCUT2D eigenvalue weighted by Crippen LogP contribution is -2.13. The molecule has 3 aromatic rings. The number of primary amides is 1. The van der Waals surface area contributed by atoms with Gasteiger partial charge in [-0.3, -0.25) is 9.52 Å². The molecule has 0 radical (unpaired) electrons. The Bertz CT molecular complexity index is 1130. The summed E-state index contributed by atoms with van der Waals surface area (Å²) in [6.45, 7) is 0. The highest BCUT2D eigenvalue weighted by molar-refractivity contribution is 7.92. The highest BCUT2D eigenvalue weighted by Crippen LogP contribution is 2.25. The number of aromatic nitrogens is 1. The fourth-order valence-electron chi connectivity index (χ4n) is 2.21. The summed E-state index contributed by atoms with van der Waals surface area (Å²) in [6.07, 6.45) is 1.48. The number of pyridine rings is 1. The summed E-state index contributed by atoms with van der Waals surface area (Å²) < 4.78 is 27.1. The normalized spacial score (nSPS) is 11.4. The SMILES string of the molecule is NC(=O)c1cc(N=Nc2ccc(S(=O)(=O)Nc3ccccn3)cc2)ccc1O. The van der Waals surface area contributed by atoms with E-state index in [9.17, 15) is 18.3 Å². The van der Waals surface area contributed by atoms with Crippen LogP contribution in [0.5, 0.6) is 5.75 Å². The van der Waals surface area contributed by atoms with E-state index in [0.717, 1.165) is 0 Å². The van der Waals surface area contributed by atoms with Crippen LogP contribution in [0.15, 0.2) is 82.0 Å². The molecular weight excluding hydrogens is 382 g/mol. The molecule has 3 rings (SSSR count). The second-order valence-corrected chi connectivity index (χ2v) is 7.26. The van der Waals surface area contributed by atoms with E-state index < -0.39 is 15.9 Å². The van der Waals surface area contributed by atoms with E-state index in [1.54, 1.807) is 12.1 Å². The number of nitrogens with one attached hydrogen (secondary N) is 1. The predicted molar refractivity (Wildman–Crippen MR) is 102 cm³/mol. The Morgan fingerprint density at radius 2 is 1.68 bits per heavy atom. The minimum absolute atomic E-state index is 0.0396. The second-order valence-electron chi connectivity index (χ2n) is 5.58. The van der Waals surface area contributed by atoms with Gasteiger partial charge in [-0.25, -0.2) is 13.4 Å². The largest absolute Gasteiger partial charge is 0.507 e. The summed E-state index contributed by atoms with van der Waals surface area (Å²) in [5.41, 5.74) is 5.79. The summed E-state index contributed by atoms with van der Waals surface area (Å²) in [5.74, 6) is -0.824. The van der Waals surface area contributed by atoms with Gasteiger partial charge in [-0.1, -0.05) is 6.07 Å². The number of amides is 1. The smallest absolute Gasteiger partial charge is 0.263 e. The van der Waals surface area contributed by atoms with Crippen LogP contribution >= 0.6 is 0 Å². The Kier molecular flexibility index (Phi) is 5.32. The van der Waals surface area contributed by atoms with Crippen LogP contribution in [0.4, 0.5) is 17.2 Å². The lowest BCUT2D eigenvalue weighted by atomic mass is 10.2. The molecule has 0 saturated carbocycles. The first-order valence-electron chi connectivity index (χ1n) is 7.94. The molecule has 1 heterocycles. The van der Waals surface area contributed by atoms with Gasteiger partial charge in [0.2, 0.25) is 0 Å². The Morgan fingerprint density at radius 1 is 1.00 bits per heavy atom. The van der Waals surface area contributed by atoms with E-state index in [1.165, 1.54) is 54.7 Å². The molecule has 2 aromatic carbocycles. The minimum atomic E-state index is -3.78. The molecule has 9 nitrogen and oxygen atoms in total. The lowest BCUT2D eigenvalue weighted by molar-refractivity contribution is 0.0998. The summed E-state index contributed by atoms with van der Waals surface area (Å²) in [6, 6.07) is 14.6. The lowest BCUT2D eigenvalue weighted by Gasteiger charge is -2.07. The molecule has 0 aliphatic heterocycles. The number of carbonyl (C=O) groups excluding carboxylic acids is 1. The number of rotatable bonds is 6. The van der Waals surface area contributed by atoms with Crippen LogP contribution < -0.4 is 10.5 Å². The quantitative estimate of drug-likeness (QED) is 0.547. The molecule has 10 heteroatoms. The van der Waals surface area contributed by atoms with Gasteiger partial charge in [-0.2, -0.15) is 10.2 Å². The van der Waals surface area contributed by atoms with Crippen molar-refractivity contribution in [2.24, 2.45) is 16.0 Å². The maximum atomic E-state index is 12.4. The Morgan fingerprint density at radius 3 is 2.32 bits per heavy atom. The first kappa shape index (κ1) is 19.0. The van der Waals surface area contributed by atoms with Crippen LogP contribution in [0.2, 0.25) is 0 Å². The van der Waals surface area contributed by atoms with Crippen LogP contribution in [-0.2, 0) is 10.0 Å². The van der Waals surface area contributed by atoms with Crippen molar-refractivity contribution >= 4 is 33.1 Å². The van der Waals surface area contributed by atoms with Crippen LogP contribution in [-0.4, -0.2) is 24.4 Å².